The maximum absolute atomic E-state index is 12.5. The molecule has 2 aromatic rings. The highest BCUT2D eigenvalue weighted by atomic mass is 35.5. The first-order valence-electron chi connectivity index (χ1n) is 9.77. The van der Waals surface area contributed by atoms with E-state index in [2.05, 4.69) is 19.9 Å². The summed E-state index contributed by atoms with van der Waals surface area (Å²) in [6.07, 6.45) is 8.38. The topological polar surface area (TPSA) is 67.2 Å². The van der Waals surface area contributed by atoms with Crippen molar-refractivity contribution in [1.29, 1.82) is 0 Å². The van der Waals surface area contributed by atoms with Crippen LogP contribution < -0.4 is 15.4 Å². The van der Waals surface area contributed by atoms with Crippen LogP contribution in [-0.4, -0.2) is 45.9 Å². The van der Waals surface area contributed by atoms with Crippen molar-refractivity contribution < 1.29 is 0 Å². The summed E-state index contributed by atoms with van der Waals surface area (Å²) in [7, 11) is 0. The smallest absolute Gasteiger partial charge is 0.287 e. The first-order valence-corrected chi connectivity index (χ1v) is 10.2. The molecule has 0 aromatic carbocycles. The average molecular weight is 387 g/mol. The summed E-state index contributed by atoms with van der Waals surface area (Å²) in [5.74, 6) is 3.12. The van der Waals surface area contributed by atoms with Gasteiger partial charge < -0.3 is 9.80 Å². The number of hydrogen-bond acceptors (Lipinski definition) is 6. The van der Waals surface area contributed by atoms with Crippen LogP contribution in [0.25, 0.3) is 0 Å². The molecular weight excluding hydrogens is 364 g/mol. The second-order valence-corrected chi connectivity index (χ2v) is 8.17. The van der Waals surface area contributed by atoms with E-state index in [1.54, 1.807) is 6.20 Å². The van der Waals surface area contributed by atoms with Crippen molar-refractivity contribution in [3.05, 3.63) is 39.7 Å². The van der Waals surface area contributed by atoms with Gasteiger partial charge >= 0.3 is 0 Å². The summed E-state index contributed by atoms with van der Waals surface area (Å²) in [6, 6.07) is 1.98. The summed E-state index contributed by atoms with van der Waals surface area (Å²) >= 11 is 6.40. The standard InChI is InChI=1S/C19H23ClN6O/c20-17-15(11-22-26(19(17)27)12-13-1-2-13)24-7-9-25(10-8-24)16-5-6-21-18(23-16)14-3-4-14/h5-6,11,13-14H,1-4,7-10,12H2. The lowest BCUT2D eigenvalue weighted by molar-refractivity contribution is 0.531. The fourth-order valence-electron chi connectivity index (χ4n) is 3.61. The molecule has 0 radical (unpaired) electrons. The van der Waals surface area contributed by atoms with Gasteiger partial charge in [0.15, 0.2) is 0 Å². The Bertz CT molecular complexity index is 899. The summed E-state index contributed by atoms with van der Waals surface area (Å²) in [6.45, 7) is 3.93. The molecule has 7 nitrogen and oxygen atoms in total. The Hall–Kier alpha value is -2.15. The second-order valence-electron chi connectivity index (χ2n) is 7.80. The third kappa shape index (κ3) is 3.52. The molecule has 2 saturated carbocycles. The van der Waals surface area contributed by atoms with E-state index in [1.165, 1.54) is 30.4 Å². The first kappa shape index (κ1) is 17.0. The molecule has 27 heavy (non-hydrogen) atoms. The lowest BCUT2D eigenvalue weighted by atomic mass is 10.2. The highest BCUT2D eigenvalue weighted by Gasteiger charge is 2.28. The number of halogens is 1. The molecule has 0 N–H and O–H groups in total. The van der Waals surface area contributed by atoms with E-state index in [1.807, 2.05) is 12.3 Å². The third-order valence-corrected chi connectivity index (χ3v) is 6.00. The van der Waals surface area contributed by atoms with Crippen molar-refractivity contribution in [1.82, 2.24) is 19.7 Å². The first-order chi connectivity index (χ1) is 13.2. The van der Waals surface area contributed by atoms with Crippen molar-refractivity contribution in [2.45, 2.75) is 38.1 Å². The van der Waals surface area contributed by atoms with Crippen molar-refractivity contribution >= 4 is 23.1 Å². The molecule has 0 spiro atoms. The molecule has 8 heteroatoms. The van der Waals surface area contributed by atoms with Crippen molar-refractivity contribution in [2.75, 3.05) is 36.0 Å². The van der Waals surface area contributed by atoms with Crippen LogP contribution in [0, 0.1) is 5.92 Å². The molecule has 0 unspecified atom stereocenters. The minimum Gasteiger partial charge on any atom is -0.365 e. The Morgan fingerprint density at radius 1 is 1.07 bits per heavy atom. The molecule has 3 fully saturated rings. The Morgan fingerprint density at radius 3 is 2.52 bits per heavy atom. The molecule has 0 amide bonds. The fraction of sp³-hybridized carbons (Fsp3) is 0.579. The van der Waals surface area contributed by atoms with E-state index in [4.69, 9.17) is 16.6 Å². The quantitative estimate of drug-likeness (QED) is 0.785. The van der Waals surface area contributed by atoms with Crippen LogP contribution in [-0.2, 0) is 6.54 Å². The molecule has 3 aliphatic rings. The Labute approximate surface area is 163 Å². The van der Waals surface area contributed by atoms with Gasteiger partial charge in [-0.1, -0.05) is 11.6 Å². The predicted octanol–water partition coefficient (Wildman–Crippen LogP) is 2.30. The summed E-state index contributed by atoms with van der Waals surface area (Å²) in [5, 5.41) is 4.64. The largest absolute Gasteiger partial charge is 0.365 e. The van der Waals surface area contributed by atoms with E-state index in [9.17, 15) is 4.79 Å². The molecule has 0 bridgehead atoms. The molecule has 2 aliphatic carbocycles. The molecule has 2 aromatic heterocycles. The van der Waals surface area contributed by atoms with Gasteiger partial charge in [-0.25, -0.2) is 14.6 Å². The summed E-state index contributed by atoms with van der Waals surface area (Å²) < 4.78 is 1.51. The highest BCUT2D eigenvalue weighted by Crippen LogP contribution is 2.38. The van der Waals surface area contributed by atoms with Gasteiger partial charge in [0, 0.05) is 44.8 Å². The zero-order valence-corrected chi connectivity index (χ0v) is 16.0. The maximum atomic E-state index is 12.5. The van der Waals surface area contributed by atoms with E-state index in [-0.39, 0.29) is 10.6 Å². The normalized spacial score (nSPS) is 20.2. The van der Waals surface area contributed by atoms with Crippen molar-refractivity contribution in [3.8, 4) is 0 Å². The van der Waals surface area contributed by atoms with E-state index >= 15 is 0 Å². The van der Waals surface area contributed by atoms with Crippen LogP contribution in [0.15, 0.2) is 23.3 Å². The zero-order chi connectivity index (χ0) is 18.4. The lowest BCUT2D eigenvalue weighted by Gasteiger charge is -2.36. The van der Waals surface area contributed by atoms with Gasteiger partial charge in [-0.05, 0) is 37.7 Å². The Kier molecular flexibility index (Phi) is 4.27. The number of nitrogens with zero attached hydrogens (tertiary/aromatic N) is 6. The van der Waals surface area contributed by atoms with E-state index in [0.29, 0.717) is 18.4 Å². The zero-order valence-electron chi connectivity index (χ0n) is 15.2. The minimum absolute atomic E-state index is 0.173. The van der Waals surface area contributed by atoms with Crippen molar-refractivity contribution in [3.63, 3.8) is 0 Å². The fourth-order valence-corrected chi connectivity index (χ4v) is 3.87. The SMILES string of the molecule is O=c1c(Cl)c(N2CCN(c3ccnc(C4CC4)n3)CC2)cnn1CC1CC1. The average Bonchev–Trinajstić information content (AvgIpc) is 3.60. The number of hydrogen-bond donors (Lipinski definition) is 0. The second kappa shape index (κ2) is 6.78. The van der Waals surface area contributed by atoms with Gasteiger partial charge in [0.1, 0.15) is 16.7 Å². The van der Waals surface area contributed by atoms with Crippen LogP contribution >= 0.6 is 11.6 Å². The van der Waals surface area contributed by atoms with E-state index < -0.39 is 0 Å². The van der Waals surface area contributed by atoms with Gasteiger partial charge in [-0.3, -0.25) is 4.79 Å². The number of anilines is 2. The predicted molar refractivity (Wildman–Crippen MR) is 105 cm³/mol. The number of piperazine rings is 1. The van der Waals surface area contributed by atoms with Gasteiger partial charge in [0.25, 0.3) is 5.56 Å². The third-order valence-electron chi connectivity index (χ3n) is 5.64. The summed E-state index contributed by atoms with van der Waals surface area (Å²) in [4.78, 5) is 26.1. The number of rotatable bonds is 5. The Balaban J connectivity index is 1.28. The van der Waals surface area contributed by atoms with Gasteiger partial charge in [-0.15, -0.1) is 0 Å². The van der Waals surface area contributed by atoms with Crippen LogP contribution in [0.3, 0.4) is 0 Å². The van der Waals surface area contributed by atoms with Gasteiger partial charge in [-0.2, -0.15) is 5.10 Å². The molecule has 0 atom stereocenters. The van der Waals surface area contributed by atoms with Crippen molar-refractivity contribution in [2.24, 2.45) is 5.92 Å². The Morgan fingerprint density at radius 2 is 1.81 bits per heavy atom. The molecule has 5 rings (SSSR count). The lowest BCUT2D eigenvalue weighted by Crippen LogP contribution is -2.47. The van der Waals surface area contributed by atoms with Crippen LogP contribution in [0.5, 0.6) is 0 Å². The highest BCUT2D eigenvalue weighted by molar-refractivity contribution is 6.33. The molecular formula is C19H23ClN6O. The molecule has 1 saturated heterocycles. The van der Waals surface area contributed by atoms with Crippen LogP contribution in [0.4, 0.5) is 11.5 Å². The molecule has 3 heterocycles. The molecule has 1 aliphatic heterocycles. The number of aromatic nitrogens is 4. The van der Waals surface area contributed by atoms with Crippen LogP contribution in [0.1, 0.15) is 37.4 Å². The maximum Gasteiger partial charge on any atom is 0.287 e. The van der Waals surface area contributed by atoms with Gasteiger partial charge in [0.2, 0.25) is 0 Å². The van der Waals surface area contributed by atoms with Gasteiger partial charge in [0.05, 0.1) is 11.9 Å². The monoisotopic (exact) mass is 386 g/mol. The summed E-state index contributed by atoms with van der Waals surface area (Å²) in [5.41, 5.74) is 0.572. The minimum atomic E-state index is -0.173. The van der Waals surface area contributed by atoms with E-state index in [0.717, 1.165) is 43.5 Å². The van der Waals surface area contributed by atoms with Crippen LogP contribution in [0.2, 0.25) is 5.02 Å². The molecule has 142 valence electrons.